The fourth-order valence-electron chi connectivity index (χ4n) is 2.78. The van der Waals surface area contributed by atoms with Crippen molar-refractivity contribution in [2.45, 2.75) is 13.1 Å². The van der Waals surface area contributed by atoms with E-state index in [1.807, 2.05) is 4.98 Å². The molecule has 146 valence electrons. The van der Waals surface area contributed by atoms with E-state index in [1.54, 1.807) is 0 Å². The predicted molar refractivity (Wildman–Crippen MR) is 93.2 cm³/mol. The fourth-order valence-corrected chi connectivity index (χ4v) is 2.95. The van der Waals surface area contributed by atoms with Crippen molar-refractivity contribution in [3.8, 4) is 11.4 Å². The number of halogens is 4. The van der Waals surface area contributed by atoms with Gasteiger partial charge >= 0.3 is 17.4 Å². The molecule has 0 saturated heterocycles. The maximum atomic E-state index is 13.7. The Balaban J connectivity index is 2.59. The molecule has 0 aliphatic carbocycles. The molecule has 12 heteroatoms. The number of fused-ring (bicyclic) bond motifs is 1. The molecule has 2 aromatic heterocycles. The average Bonchev–Trinajstić information content (AvgIpc) is 2.57. The lowest BCUT2D eigenvalue weighted by Crippen LogP contribution is -2.29. The minimum atomic E-state index is -5.07. The summed E-state index contributed by atoms with van der Waals surface area (Å²) in [6.07, 6.45) is -5.07. The van der Waals surface area contributed by atoms with Crippen LogP contribution in [0.2, 0.25) is 5.02 Å². The molecule has 0 aliphatic rings. The lowest BCUT2D eigenvalue weighted by molar-refractivity contribution is -0.387. The number of aromatic nitrogens is 2. The van der Waals surface area contributed by atoms with Crippen molar-refractivity contribution in [1.82, 2.24) is 9.55 Å². The molecular weight excluding hydrogens is 407 g/mol. The third-order valence-electron chi connectivity index (χ3n) is 4.09. The van der Waals surface area contributed by atoms with E-state index in [1.165, 1.54) is 25.1 Å². The van der Waals surface area contributed by atoms with Crippen LogP contribution in [0.3, 0.4) is 0 Å². The van der Waals surface area contributed by atoms with E-state index in [-0.39, 0.29) is 20.8 Å². The van der Waals surface area contributed by atoms with Crippen LogP contribution in [0.1, 0.15) is 11.3 Å². The molecule has 0 radical (unpaired) electrons. The van der Waals surface area contributed by atoms with Crippen LogP contribution in [0.5, 0.6) is 5.75 Å². The second kappa shape index (κ2) is 6.37. The highest BCUT2D eigenvalue weighted by atomic mass is 35.5. The zero-order valence-electron chi connectivity index (χ0n) is 13.8. The summed E-state index contributed by atoms with van der Waals surface area (Å²) in [4.78, 5) is 36.2. The van der Waals surface area contributed by atoms with Crippen LogP contribution in [-0.4, -0.2) is 19.6 Å². The van der Waals surface area contributed by atoms with Crippen LogP contribution in [-0.2, 0) is 6.18 Å². The lowest BCUT2D eigenvalue weighted by Gasteiger charge is -2.18. The van der Waals surface area contributed by atoms with Crippen LogP contribution < -0.4 is 11.1 Å². The van der Waals surface area contributed by atoms with Gasteiger partial charge in [-0.1, -0.05) is 17.7 Å². The van der Waals surface area contributed by atoms with E-state index in [9.17, 15) is 38.0 Å². The molecule has 0 fully saturated rings. The molecule has 28 heavy (non-hydrogen) atoms. The highest BCUT2D eigenvalue weighted by Crippen LogP contribution is 2.36. The highest BCUT2D eigenvalue weighted by molar-refractivity contribution is 6.31. The molecule has 8 nitrogen and oxygen atoms in total. The first kappa shape index (κ1) is 19.4. The van der Waals surface area contributed by atoms with Crippen molar-refractivity contribution in [2.24, 2.45) is 0 Å². The maximum Gasteiger partial charge on any atom is 0.431 e. The molecule has 0 bridgehead atoms. The van der Waals surface area contributed by atoms with Crippen molar-refractivity contribution in [2.75, 3.05) is 0 Å². The van der Waals surface area contributed by atoms with E-state index in [0.717, 1.165) is 0 Å². The fraction of sp³-hybridized carbons (Fsp3) is 0.125. The summed E-state index contributed by atoms with van der Waals surface area (Å²) < 4.78 is 41.3. The number of nitro groups is 1. The summed E-state index contributed by atoms with van der Waals surface area (Å²) in [7, 11) is 0. The molecule has 3 rings (SSSR count). The zero-order valence-corrected chi connectivity index (χ0v) is 14.6. The largest absolute Gasteiger partial charge is 0.501 e. The molecule has 0 unspecified atom stereocenters. The van der Waals surface area contributed by atoms with Gasteiger partial charge in [0, 0.05) is 5.02 Å². The number of nitrogens with zero attached hydrogens (tertiary/aromatic N) is 2. The normalized spacial score (nSPS) is 11.8. The maximum absolute atomic E-state index is 13.7. The number of nitrogens with one attached hydrogen (secondary N) is 1. The van der Waals surface area contributed by atoms with E-state index < -0.39 is 50.3 Å². The van der Waals surface area contributed by atoms with Crippen LogP contribution in [0.25, 0.3) is 16.6 Å². The van der Waals surface area contributed by atoms with E-state index in [0.29, 0.717) is 6.07 Å². The molecule has 0 saturated carbocycles. The Labute approximate surface area is 157 Å². The smallest absolute Gasteiger partial charge is 0.431 e. The van der Waals surface area contributed by atoms with Crippen LogP contribution in [0.4, 0.5) is 18.9 Å². The average molecular weight is 416 g/mol. The minimum absolute atomic E-state index is 0.0951. The first-order valence-corrected chi connectivity index (χ1v) is 7.85. The Hall–Kier alpha value is -3.34. The van der Waals surface area contributed by atoms with Gasteiger partial charge in [-0.3, -0.25) is 24.3 Å². The van der Waals surface area contributed by atoms with Crippen LogP contribution >= 0.6 is 11.6 Å². The molecule has 0 amide bonds. The molecule has 2 heterocycles. The van der Waals surface area contributed by atoms with E-state index in [2.05, 4.69) is 0 Å². The Morgan fingerprint density at radius 2 is 1.93 bits per heavy atom. The lowest BCUT2D eigenvalue weighted by atomic mass is 10.1. The summed E-state index contributed by atoms with van der Waals surface area (Å²) in [5.74, 6) is -1.33. The summed E-state index contributed by atoms with van der Waals surface area (Å²) in [5.41, 5.74) is -6.40. The molecule has 0 atom stereocenters. The van der Waals surface area contributed by atoms with Gasteiger partial charge in [0.25, 0.3) is 5.56 Å². The summed E-state index contributed by atoms with van der Waals surface area (Å²) in [6, 6.07) is 4.32. The zero-order chi connectivity index (χ0) is 21.0. The molecule has 2 N–H and O–H groups in total. The van der Waals surface area contributed by atoms with Gasteiger partial charge in [0.05, 0.1) is 16.0 Å². The summed E-state index contributed by atoms with van der Waals surface area (Å²) >= 11 is 5.94. The SMILES string of the molecule is Cc1c(Cl)cccc1-n1c(C(F)(F)F)cc2c(O)c([N+](=O)[O-])c(=O)[nH]c2c1=O. The Kier molecular flexibility index (Phi) is 4.42. The quantitative estimate of drug-likeness (QED) is 0.492. The minimum Gasteiger partial charge on any atom is -0.501 e. The topological polar surface area (TPSA) is 118 Å². The van der Waals surface area contributed by atoms with Crippen LogP contribution in [0.15, 0.2) is 33.9 Å². The Morgan fingerprint density at radius 3 is 2.50 bits per heavy atom. The van der Waals surface area contributed by atoms with Crippen molar-refractivity contribution in [3.63, 3.8) is 0 Å². The van der Waals surface area contributed by atoms with Gasteiger partial charge in [-0.15, -0.1) is 0 Å². The molecule has 3 aromatic rings. The van der Waals surface area contributed by atoms with Gasteiger partial charge in [-0.05, 0) is 30.7 Å². The number of aromatic amines is 1. The summed E-state index contributed by atoms with van der Waals surface area (Å²) in [6.45, 7) is 1.39. The Morgan fingerprint density at radius 1 is 1.29 bits per heavy atom. The first-order valence-electron chi connectivity index (χ1n) is 7.47. The Bertz CT molecular complexity index is 1260. The van der Waals surface area contributed by atoms with Crippen molar-refractivity contribution in [1.29, 1.82) is 0 Å². The third-order valence-corrected chi connectivity index (χ3v) is 4.50. The van der Waals surface area contributed by atoms with Gasteiger partial charge in [-0.2, -0.15) is 13.2 Å². The number of alkyl halides is 3. The number of hydrogen-bond acceptors (Lipinski definition) is 5. The predicted octanol–water partition coefficient (Wildman–Crippen LogP) is 3.27. The molecule has 1 aromatic carbocycles. The third kappa shape index (κ3) is 2.89. The van der Waals surface area contributed by atoms with Crippen LogP contribution in [0, 0.1) is 17.0 Å². The second-order valence-corrected chi connectivity index (χ2v) is 6.16. The standard InChI is InChI=1S/C16H9ClF3N3O5/c1-6-8(17)3-2-4-9(6)22-10(16(18,19)20)5-7-11(15(22)26)21-14(25)12(13(7)24)23(27)28/h2-5H,1H3,(H2,21,24,25). The van der Waals surface area contributed by atoms with Crippen molar-refractivity contribution < 1.29 is 23.2 Å². The number of pyridine rings is 2. The van der Waals surface area contributed by atoms with Gasteiger partial charge in [0.15, 0.2) is 0 Å². The number of hydrogen-bond donors (Lipinski definition) is 2. The van der Waals surface area contributed by atoms with Crippen molar-refractivity contribution >= 4 is 28.2 Å². The number of aromatic hydroxyl groups is 1. The first-order chi connectivity index (χ1) is 12.9. The van der Waals surface area contributed by atoms with Gasteiger partial charge in [0.1, 0.15) is 11.2 Å². The summed E-state index contributed by atoms with van der Waals surface area (Å²) in [5, 5.41) is 20.2. The van der Waals surface area contributed by atoms with Gasteiger partial charge < -0.3 is 10.1 Å². The van der Waals surface area contributed by atoms with E-state index in [4.69, 9.17) is 11.6 Å². The molecule has 0 spiro atoms. The molecule has 0 aliphatic heterocycles. The second-order valence-electron chi connectivity index (χ2n) is 5.75. The molecular formula is C16H9ClF3N3O5. The number of H-pyrrole nitrogens is 1. The number of rotatable bonds is 2. The van der Waals surface area contributed by atoms with Crippen molar-refractivity contribution in [3.05, 3.63) is 71.4 Å². The van der Waals surface area contributed by atoms with Gasteiger partial charge in [0.2, 0.25) is 5.75 Å². The monoisotopic (exact) mass is 415 g/mol. The van der Waals surface area contributed by atoms with E-state index >= 15 is 0 Å². The van der Waals surface area contributed by atoms with Gasteiger partial charge in [-0.25, -0.2) is 0 Å². The highest BCUT2D eigenvalue weighted by Gasteiger charge is 2.37. The number of benzene rings is 1.